The van der Waals surface area contributed by atoms with Crippen LogP contribution in [0.1, 0.15) is 16.9 Å². The van der Waals surface area contributed by atoms with E-state index >= 15 is 0 Å². The first kappa shape index (κ1) is 19.6. The molecular weight excluding hydrogens is 416 g/mol. The molecule has 5 rings (SSSR count). The van der Waals surface area contributed by atoms with Gasteiger partial charge in [0, 0.05) is 36.8 Å². The zero-order valence-electron chi connectivity index (χ0n) is 17.4. The molecule has 0 bridgehead atoms. The minimum absolute atomic E-state index is 0.122. The zero-order valence-corrected chi connectivity index (χ0v) is 18.2. The third-order valence-electron chi connectivity index (χ3n) is 5.45. The fourth-order valence-electron chi connectivity index (χ4n) is 3.89. The molecule has 0 aliphatic heterocycles. The summed E-state index contributed by atoms with van der Waals surface area (Å²) >= 11 is 1.64. The standard InChI is InChI=1S/C21H22N6O3S/c1-27(2)21(28)30-12-4-5-13-17(7-12)31-20-18(13)19(22-10-23-20)25-15-6-11-9-24-26-14(11)8-16(15)29-3/h6,8-10,12H,4-5,7H2,1-3H3,(H,24,26)(H,22,23,25). The van der Waals surface area contributed by atoms with Gasteiger partial charge in [0.1, 0.15) is 28.8 Å². The first-order valence-corrected chi connectivity index (χ1v) is 10.8. The monoisotopic (exact) mass is 438 g/mol. The number of aromatic nitrogens is 4. The van der Waals surface area contributed by atoms with Crippen LogP contribution >= 0.6 is 11.3 Å². The summed E-state index contributed by atoms with van der Waals surface area (Å²) in [5, 5.41) is 12.5. The minimum atomic E-state index is -0.307. The number of carbonyl (C=O) groups is 1. The molecule has 0 saturated heterocycles. The Bertz CT molecular complexity index is 1280. The van der Waals surface area contributed by atoms with Crippen molar-refractivity contribution >= 4 is 50.1 Å². The molecule has 9 nitrogen and oxygen atoms in total. The lowest BCUT2D eigenvalue weighted by molar-refractivity contribution is 0.0685. The number of nitrogens with zero attached hydrogens (tertiary/aromatic N) is 4. The van der Waals surface area contributed by atoms with Gasteiger partial charge < -0.3 is 19.7 Å². The van der Waals surface area contributed by atoms with Crippen LogP contribution in [0, 0.1) is 0 Å². The summed E-state index contributed by atoms with van der Waals surface area (Å²) in [6.45, 7) is 0. The summed E-state index contributed by atoms with van der Waals surface area (Å²) in [5.41, 5.74) is 2.94. The molecule has 2 N–H and O–H groups in total. The molecule has 1 aliphatic rings. The van der Waals surface area contributed by atoms with Crippen LogP contribution in [0.4, 0.5) is 16.3 Å². The second kappa shape index (κ2) is 7.69. The zero-order chi connectivity index (χ0) is 21.5. The maximum atomic E-state index is 11.9. The van der Waals surface area contributed by atoms with Gasteiger partial charge in [0.2, 0.25) is 0 Å². The molecule has 160 valence electrons. The number of amides is 1. The van der Waals surface area contributed by atoms with E-state index in [1.165, 1.54) is 15.3 Å². The number of aromatic amines is 1. The molecule has 1 amide bonds. The fourth-order valence-corrected chi connectivity index (χ4v) is 5.14. The summed E-state index contributed by atoms with van der Waals surface area (Å²) in [5.74, 6) is 1.44. The second-order valence-corrected chi connectivity index (χ2v) is 8.77. The van der Waals surface area contributed by atoms with E-state index in [9.17, 15) is 4.79 Å². The molecule has 10 heteroatoms. The highest BCUT2D eigenvalue weighted by molar-refractivity contribution is 7.19. The molecule has 4 aromatic rings. The topological polar surface area (TPSA) is 105 Å². The quantitative estimate of drug-likeness (QED) is 0.498. The molecule has 0 spiro atoms. The largest absolute Gasteiger partial charge is 0.494 e. The van der Waals surface area contributed by atoms with E-state index in [0.29, 0.717) is 12.2 Å². The normalized spacial score (nSPS) is 15.6. The summed E-state index contributed by atoms with van der Waals surface area (Å²) in [4.78, 5) is 24.5. The Hall–Kier alpha value is -3.40. The molecule has 1 unspecified atom stereocenters. The molecule has 1 aromatic carbocycles. The lowest BCUT2D eigenvalue weighted by Gasteiger charge is -2.24. The van der Waals surface area contributed by atoms with Crippen molar-refractivity contribution in [1.29, 1.82) is 0 Å². The van der Waals surface area contributed by atoms with Gasteiger partial charge in [-0.1, -0.05) is 0 Å². The summed E-state index contributed by atoms with van der Waals surface area (Å²) in [6, 6.07) is 3.90. The highest BCUT2D eigenvalue weighted by Gasteiger charge is 2.28. The van der Waals surface area contributed by atoms with Crippen LogP contribution in [0.3, 0.4) is 0 Å². The van der Waals surface area contributed by atoms with Crippen molar-refractivity contribution in [3.63, 3.8) is 0 Å². The van der Waals surface area contributed by atoms with Crippen molar-refractivity contribution in [2.75, 3.05) is 26.5 Å². The van der Waals surface area contributed by atoms with Crippen LogP contribution < -0.4 is 10.1 Å². The molecule has 3 aromatic heterocycles. The predicted molar refractivity (Wildman–Crippen MR) is 119 cm³/mol. The average molecular weight is 439 g/mol. The summed E-state index contributed by atoms with van der Waals surface area (Å²) in [6.07, 6.45) is 5.19. The molecular formula is C21H22N6O3S. The Morgan fingerprint density at radius 1 is 1.32 bits per heavy atom. The number of H-pyrrole nitrogens is 1. The van der Waals surface area contributed by atoms with E-state index in [2.05, 4.69) is 25.5 Å². The van der Waals surface area contributed by atoms with Crippen LogP contribution in [0.25, 0.3) is 21.1 Å². The number of ether oxygens (including phenoxy) is 2. The number of benzene rings is 1. The van der Waals surface area contributed by atoms with Gasteiger partial charge in [-0.25, -0.2) is 14.8 Å². The number of nitrogens with one attached hydrogen (secondary N) is 2. The maximum Gasteiger partial charge on any atom is 0.409 e. The van der Waals surface area contributed by atoms with Gasteiger partial charge >= 0.3 is 6.09 Å². The number of anilines is 2. The lowest BCUT2D eigenvalue weighted by atomic mass is 9.94. The predicted octanol–water partition coefficient (Wildman–Crippen LogP) is 3.88. The van der Waals surface area contributed by atoms with Crippen LogP contribution in [-0.4, -0.2) is 58.5 Å². The number of carbonyl (C=O) groups excluding carboxylic acids is 1. The molecule has 3 heterocycles. The number of hydrogen-bond acceptors (Lipinski definition) is 8. The van der Waals surface area contributed by atoms with Crippen molar-refractivity contribution in [3.05, 3.63) is 35.1 Å². The lowest BCUT2D eigenvalue weighted by Crippen LogP contribution is -2.31. The van der Waals surface area contributed by atoms with Gasteiger partial charge in [-0.3, -0.25) is 5.10 Å². The number of rotatable bonds is 4. The Morgan fingerprint density at radius 3 is 3.00 bits per heavy atom. The number of hydrogen-bond donors (Lipinski definition) is 2. The van der Waals surface area contributed by atoms with E-state index in [1.807, 2.05) is 12.1 Å². The Morgan fingerprint density at radius 2 is 2.19 bits per heavy atom. The first-order chi connectivity index (χ1) is 15.0. The Balaban J connectivity index is 1.49. The van der Waals surface area contributed by atoms with E-state index in [0.717, 1.165) is 45.5 Å². The second-order valence-electron chi connectivity index (χ2n) is 7.68. The van der Waals surface area contributed by atoms with Gasteiger partial charge in [-0.2, -0.15) is 5.10 Å². The van der Waals surface area contributed by atoms with Crippen LogP contribution in [-0.2, 0) is 17.6 Å². The number of aryl methyl sites for hydroxylation is 1. The summed E-state index contributed by atoms with van der Waals surface area (Å²) < 4.78 is 11.2. The smallest absolute Gasteiger partial charge is 0.409 e. The molecule has 0 radical (unpaired) electrons. The molecule has 0 saturated carbocycles. The van der Waals surface area contributed by atoms with E-state index in [4.69, 9.17) is 9.47 Å². The maximum absolute atomic E-state index is 11.9. The number of fused-ring (bicyclic) bond motifs is 4. The number of methoxy groups -OCH3 is 1. The van der Waals surface area contributed by atoms with Gasteiger partial charge in [-0.05, 0) is 24.5 Å². The Labute approximate surface area is 182 Å². The summed E-state index contributed by atoms with van der Waals surface area (Å²) in [7, 11) is 5.03. The molecule has 31 heavy (non-hydrogen) atoms. The van der Waals surface area contributed by atoms with E-state index in [1.54, 1.807) is 45.1 Å². The third kappa shape index (κ3) is 3.52. The van der Waals surface area contributed by atoms with Crippen molar-refractivity contribution in [2.45, 2.75) is 25.4 Å². The van der Waals surface area contributed by atoms with Gasteiger partial charge in [0.05, 0.1) is 29.9 Å². The van der Waals surface area contributed by atoms with Crippen molar-refractivity contribution in [3.8, 4) is 5.75 Å². The average Bonchev–Trinajstić information content (AvgIpc) is 3.36. The molecule has 0 fully saturated rings. The van der Waals surface area contributed by atoms with Crippen LogP contribution in [0.2, 0.25) is 0 Å². The molecule has 1 aliphatic carbocycles. The highest BCUT2D eigenvalue weighted by Crippen LogP contribution is 2.41. The van der Waals surface area contributed by atoms with Crippen molar-refractivity contribution in [1.82, 2.24) is 25.1 Å². The van der Waals surface area contributed by atoms with Gasteiger partial charge in [-0.15, -0.1) is 11.3 Å². The van der Waals surface area contributed by atoms with E-state index in [-0.39, 0.29) is 12.2 Å². The third-order valence-corrected chi connectivity index (χ3v) is 6.61. The SMILES string of the molecule is COc1cc2[nH]ncc2cc1Nc1ncnc2sc3c(c12)CCC(OC(=O)N(C)C)C3. The van der Waals surface area contributed by atoms with Crippen LogP contribution in [0.5, 0.6) is 5.75 Å². The van der Waals surface area contributed by atoms with Gasteiger partial charge in [0.25, 0.3) is 0 Å². The number of thiophene rings is 1. The van der Waals surface area contributed by atoms with Gasteiger partial charge in [0.15, 0.2) is 0 Å². The van der Waals surface area contributed by atoms with Crippen molar-refractivity contribution in [2.24, 2.45) is 0 Å². The first-order valence-electron chi connectivity index (χ1n) is 9.95. The molecule has 1 atom stereocenters. The Kier molecular flexibility index (Phi) is 4.85. The fraction of sp³-hybridized carbons (Fsp3) is 0.333. The minimum Gasteiger partial charge on any atom is -0.494 e. The van der Waals surface area contributed by atoms with Crippen molar-refractivity contribution < 1.29 is 14.3 Å². The van der Waals surface area contributed by atoms with E-state index < -0.39 is 0 Å². The van der Waals surface area contributed by atoms with Crippen LogP contribution in [0.15, 0.2) is 24.7 Å². The highest BCUT2D eigenvalue weighted by atomic mass is 32.1.